The number of carboxylic acids is 1. The number of rotatable bonds is 6. The quantitative estimate of drug-likeness (QED) is 0.815. The minimum atomic E-state index is -0.976. The van der Waals surface area contributed by atoms with Crippen molar-refractivity contribution in [1.82, 2.24) is 0 Å². The zero-order chi connectivity index (χ0) is 13.7. The molecule has 0 radical (unpaired) electrons. The monoisotopic (exact) mass is 380 g/mol. The van der Waals surface area contributed by atoms with Gasteiger partial charge in [-0.1, -0.05) is 0 Å². The van der Waals surface area contributed by atoms with Crippen molar-refractivity contribution in [3.8, 4) is 5.75 Å². The molecule has 0 amide bonds. The number of methoxy groups -OCH3 is 1. The zero-order valence-corrected chi connectivity index (χ0v) is 13.2. The van der Waals surface area contributed by atoms with E-state index in [4.69, 9.17) is 14.6 Å². The Morgan fingerprint density at radius 1 is 1.39 bits per heavy atom. The standard InChI is InChI=1S/C12H14Br2O4/c1-7(3-4-17-2)18-11-9(13)5-8(12(15)16)6-10(11)14/h5-7H,3-4H2,1-2H3,(H,15,16). The van der Waals surface area contributed by atoms with Crippen LogP contribution in [-0.2, 0) is 4.74 Å². The van der Waals surface area contributed by atoms with Crippen LogP contribution in [-0.4, -0.2) is 30.9 Å². The summed E-state index contributed by atoms with van der Waals surface area (Å²) >= 11 is 6.63. The van der Waals surface area contributed by atoms with E-state index in [1.807, 2.05) is 6.92 Å². The molecule has 0 aliphatic heterocycles. The molecule has 1 N–H and O–H groups in total. The van der Waals surface area contributed by atoms with Crippen LogP contribution in [0.5, 0.6) is 5.75 Å². The lowest BCUT2D eigenvalue weighted by atomic mass is 10.2. The Morgan fingerprint density at radius 3 is 2.39 bits per heavy atom. The van der Waals surface area contributed by atoms with Crippen LogP contribution in [0.25, 0.3) is 0 Å². The number of aromatic carboxylic acids is 1. The first-order valence-electron chi connectivity index (χ1n) is 5.33. The van der Waals surface area contributed by atoms with Crippen LogP contribution < -0.4 is 4.74 Å². The Morgan fingerprint density at radius 2 is 1.94 bits per heavy atom. The molecular formula is C12H14Br2O4. The molecule has 18 heavy (non-hydrogen) atoms. The summed E-state index contributed by atoms with van der Waals surface area (Å²) in [6.07, 6.45) is 0.740. The van der Waals surface area contributed by atoms with Crippen LogP contribution in [0.1, 0.15) is 23.7 Å². The lowest BCUT2D eigenvalue weighted by molar-refractivity contribution is 0.0696. The van der Waals surface area contributed by atoms with Gasteiger partial charge in [-0.05, 0) is 50.9 Å². The van der Waals surface area contributed by atoms with Gasteiger partial charge in [-0.2, -0.15) is 0 Å². The maximum absolute atomic E-state index is 10.9. The normalized spacial score (nSPS) is 12.2. The topological polar surface area (TPSA) is 55.8 Å². The second-order valence-corrected chi connectivity index (χ2v) is 5.49. The van der Waals surface area contributed by atoms with Gasteiger partial charge in [-0.3, -0.25) is 0 Å². The average molecular weight is 382 g/mol. The number of hydrogen-bond acceptors (Lipinski definition) is 3. The van der Waals surface area contributed by atoms with E-state index >= 15 is 0 Å². The van der Waals surface area contributed by atoms with Crippen molar-refractivity contribution in [2.75, 3.05) is 13.7 Å². The van der Waals surface area contributed by atoms with Crippen LogP contribution >= 0.6 is 31.9 Å². The minimum Gasteiger partial charge on any atom is -0.488 e. The smallest absolute Gasteiger partial charge is 0.335 e. The first kappa shape index (κ1) is 15.5. The SMILES string of the molecule is COCCC(C)Oc1c(Br)cc(C(=O)O)cc1Br. The molecule has 0 aliphatic rings. The number of halogens is 2. The molecule has 1 unspecified atom stereocenters. The Labute approximate surface area is 123 Å². The van der Waals surface area contributed by atoms with Gasteiger partial charge in [0.05, 0.1) is 20.6 Å². The van der Waals surface area contributed by atoms with Gasteiger partial charge in [-0.25, -0.2) is 4.79 Å². The van der Waals surface area contributed by atoms with Crippen LogP contribution in [0.3, 0.4) is 0 Å². The number of carbonyl (C=O) groups is 1. The van der Waals surface area contributed by atoms with E-state index in [1.165, 1.54) is 12.1 Å². The highest BCUT2D eigenvalue weighted by atomic mass is 79.9. The molecule has 1 aromatic carbocycles. The Hall–Kier alpha value is -0.590. The van der Waals surface area contributed by atoms with Crippen LogP contribution in [0.15, 0.2) is 21.1 Å². The maximum Gasteiger partial charge on any atom is 0.335 e. The number of hydrogen-bond donors (Lipinski definition) is 1. The summed E-state index contributed by atoms with van der Waals surface area (Å²) in [6.45, 7) is 2.55. The predicted molar refractivity (Wildman–Crippen MR) is 75.4 cm³/mol. The van der Waals surface area contributed by atoms with Crippen molar-refractivity contribution in [3.05, 3.63) is 26.6 Å². The molecule has 0 heterocycles. The van der Waals surface area contributed by atoms with E-state index in [2.05, 4.69) is 31.9 Å². The first-order chi connectivity index (χ1) is 8.45. The number of carboxylic acid groups (broad SMARTS) is 1. The molecule has 0 aliphatic carbocycles. The first-order valence-corrected chi connectivity index (χ1v) is 6.92. The van der Waals surface area contributed by atoms with Gasteiger partial charge in [0.2, 0.25) is 0 Å². The molecule has 0 saturated carbocycles. The van der Waals surface area contributed by atoms with Gasteiger partial charge in [-0.15, -0.1) is 0 Å². The van der Waals surface area contributed by atoms with Crippen molar-refractivity contribution >= 4 is 37.8 Å². The molecule has 0 saturated heterocycles. The molecule has 6 heteroatoms. The largest absolute Gasteiger partial charge is 0.488 e. The predicted octanol–water partition coefficient (Wildman–Crippen LogP) is 3.71. The zero-order valence-electron chi connectivity index (χ0n) is 10.1. The summed E-state index contributed by atoms with van der Waals surface area (Å²) in [5, 5.41) is 8.92. The van der Waals surface area contributed by atoms with Gasteiger partial charge in [0.25, 0.3) is 0 Å². The van der Waals surface area contributed by atoms with E-state index < -0.39 is 5.97 Å². The van der Waals surface area contributed by atoms with E-state index in [9.17, 15) is 4.79 Å². The summed E-state index contributed by atoms with van der Waals surface area (Å²) in [5.74, 6) is -0.376. The van der Waals surface area contributed by atoms with Crippen LogP contribution in [0.2, 0.25) is 0 Å². The van der Waals surface area contributed by atoms with E-state index in [0.717, 1.165) is 6.42 Å². The third kappa shape index (κ3) is 4.26. The van der Waals surface area contributed by atoms with Crippen LogP contribution in [0, 0.1) is 0 Å². The van der Waals surface area contributed by atoms with E-state index in [1.54, 1.807) is 7.11 Å². The van der Waals surface area contributed by atoms with Crippen molar-refractivity contribution in [1.29, 1.82) is 0 Å². The molecule has 100 valence electrons. The summed E-state index contributed by atoms with van der Waals surface area (Å²) < 4.78 is 11.9. The van der Waals surface area contributed by atoms with Crippen molar-refractivity contribution in [2.45, 2.75) is 19.4 Å². The third-order valence-corrected chi connectivity index (χ3v) is 3.47. The Kier molecular flexibility index (Phi) is 6.11. The second-order valence-electron chi connectivity index (χ2n) is 3.78. The van der Waals surface area contributed by atoms with Gasteiger partial charge in [0.1, 0.15) is 5.75 Å². The maximum atomic E-state index is 10.9. The summed E-state index contributed by atoms with van der Waals surface area (Å²) in [6, 6.07) is 3.04. The highest BCUT2D eigenvalue weighted by molar-refractivity contribution is 9.11. The molecule has 1 atom stereocenters. The number of benzene rings is 1. The van der Waals surface area contributed by atoms with Crippen LogP contribution in [0.4, 0.5) is 0 Å². The van der Waals surface area contributed by atoms with Gasteiger partial charge < -0.3 is 14.6 Å². The molecule has 1 aromatic rings. The average Bonchev–Trinajstić information content (AvgIpc) is 2.30. The molecule has 0 bridgehead atoms. The fourth-order valence-electron chi connectivity index (χ4n) is 1.34. The van der Waals surface area contributed by atoms with E-state index in [0.29, 0.717) is 21.3 Å². The van der Waals surface area contributed by atoms with Gasteiger partial charge >= 0.3 is 5.97 Å². The number of ether oxygens (including phenoxy) is 2. The minimum absolute atomic E-state index is 0.0202. The van der Waals surface area contributed by atoms with Crippen molar-refractivity contribution in [3.63, 3.8) is 0 Å². The Bertz CT molecular complexity index is 411. The molecule has 0 aromatic heterocycles. The summed E-state index contributed by atoms with van der Waals surface area (Å²) in [5.41, 5.74) is 0.200. The molecule has 4 nitrogen and oxygen atoms in total. The van der Waals surface area contributed by atoms with Gasteiger partial charge in [0.15, 0.2) is 0 Å². The highest BCUT2D eigenvalue weighted by Gasteiger charge is 2.15. The molecule has 0 fully saturated rings. The summed E-state index contributed by atoms with van der Waals surface area (Å²) in [4.78, 5) is 10.9. The third-order valence-electron chi connectivity index (χ3n) is 2.29. The highest BCUT2D eigenvalue weighted by Crippen LogP contribution is 2.35. The van der Waals surface area contributed by atoms with Crippen molar-refractivity contribution < 1.29 is 19.4 Å². The lowest BCUT2D eigenvalue weighted by Crippen LogP contribution is -2.15. The molecule has 0 spiro atoms. The Balaban J connectivity index is 2.86. The molecular weight excluding hydrogens is 368 g/mol. The van der Waals surface area contributed by atoms with Crippen molar-refractivity contribution in [2.24, 2.45) is 0 Å². The molecule has 1 rings (SSSR count). The lowest BCUT2D eigenvalue weighted by Gasteiger charge is -2.17. The fourth-order valence-corrected chi connectivity index (χ4v) is 2.71. The second kappa shape index (κ2) is 7.11. The fraction of sp³-hybridized carbons (Fsp3) is 0.417. The summed E-state index contributed by atoms with van der Waals surface area (Å²) in [7, 11) is 1.64. The van der Waals surface area contributed by atoms with E-state index in [-0.39, 0.29) is 11.7 Å². The van der Waals surface area contributed by atoms with Gasteiger partial charge in [0, 0.05) is 20.1 Å².